The van der Waals surface area contributed by atoms with Crippen LogP contribution >= 0.6 is 0 Å². The number of carbonyl (C=O) groups excluding carboxylic acids is 1. The van der Waals surface area contributed by atoms with E-state index in [1.807, 2.05) is 18.2 Å². The van der Waals surface area contributed by atoms with Gasteiger partial charge in [0.25, 0.3) is 5.91 Å². The summed E-state index contributed by atoms with van der Waals surface area (Å²) in [6.45, 7) is 0.515. The number of rotatable bonds is 5. The quantitative estimate of drug-likeness (QED) is 0.831. The van der Waals surface area contributed by atoms with Crippen molar-refractivity contribution in [2.45, 2.75) is 6.42 Å². The topological polar surface area (TPSA) is 79.8 Å². The van der Waals surface area contributed by atoms with E-state index < -0.39 is 0 Å². The summed E-state index contributed by atoms with van der Waals surface area (Å²) in [7, 11) is 1.73. The van der Waals surface area contributed by atoms with Crippen molar-refractivity contribution in [1.29, 1.82) is 0 Å². The summed E-state index contributed by atoms with van der Waals surface area (Å²) in [5, 5.41) is 5.63. The minimum atomic E-state index is -0.236. The number of nitrogens with zero attached hydrogens (tertiary/aromatic N) is 3. The predicted octanol–water partition coefficient (Wildman–Crippen LogP) is 0.886. The molecule has 2 heterocycles. The molecule has 2 rings (SSSR count). The smallest absolute Gasteiger partial charge is 0.271 e. The van der Waals surface area contributed by atoms with Crippen LogP contribution < -0.4 is 10.6 Å². The van der Waals surface area contributed by atoms with Crippen molar-refractivity contribution in [3.63, 3.8) is 0 Å². The molecular weight excluding hydrogens is 242 g/mol. The monoisotopic (exact) mass is 257 g/mol. The molecule has 0 radical (unpaired) electrons. The van der Waals surface area contributed by atoms with Gasteiger partial charge in [-0.1, -0.05) is 6.07 Å². The summed E-state index contributed by atoms with van der Waals surface area (Å²) >= 11 is 0. The zero-order valence-electron chi connectivity index (χ0n) is 10.6. The van der Waals surface area contributed by atoms with Gasteiger partial charge in [0.15, 0.2) is 0 Å². The first-order chi connectivity index (χ1) is 9.29. The average Bonchev–Trinajstić information content (AvgIpc) is 2.48. The Labute approximate surface area is 111 Å². The molecule has 0 spiro atoms. The minimum Gasteiger partial charge on any atom is -0.372 e. The molecular formula is C13H15N5O. The van der Waals surface area contributed by atoms with Crippen LogP contribution in [0.4, 0.5) is 5.82 Å². The fourth-order valence-electron chi connectivity index (χ4n) is 1.54. The lowest BCUT2D eigenvalue weighted by Crippen LogP contribution is -2.27. The van der Waals surface area contributed by atoms with E-state index in [1.165, 1.54) is 6.20 Å². The second-order valence-corrected chi connectivity index (χ2v) is 3.87. The van der Waals surface area contributed by atoms with Gasteiger partial charge in [-0.25, -0.2) is 4.98 Å². The number of aromatic nitrogens is 3. The second-order valence-electron chi connectivity index (χ2n) is 3.87. The van der Waals surface area contributed by atoms with Crippen LogP contribution in [0.25, 0.3) is 0 Å². The summed E-state index contributed by atoms with van der Waals surface area (Å²) in [5.41, 5.74) is 1.24. The van der Waals surface area contributed by atoms with E-state index in [2.05, 4.69) is 25.6 Å². The Morgan fingerprint density at radius 2 is 2.21 bits per heavy atom. The highest BCUT2D eigenvalue weighted by atomic mass is 16.1. The third kappa shape index (κ3) is 3.74. The van der Waals surface area contributed by atoms with Gasteiger partial charge in [0.05, 0.1) is 12.4 Å². The molecule has 19 heavy (non-hydrogen) atoms. The summed E-state index contributed by atoms with van der Waals surface area (Å²) in [5.74, 6) is 0.331. The van der Waals surface area contributed by atoms with Crippen LogP contribution in [0.5, 0.6) is 0 Å². The van der Waals surface area contributed by atoms with Crippen LogP contribution in [-0.4, -0.2) is 34.5 Å². The Kier molecular flexibility index (Phi) is 4.39. The van der Waals surface area contributed by atoms with Crippen LogP contribution in [-0.2, 0) is 6.42 Å². The van der Waals surface area contributed by atoms with Gasteiger partial charge in [-0.2, -0.15) is 0 Å². The van der Waals surface area contributed by atoms with Gasteiger partial charge in [-0.05, 0) is 12.1 Å². The summed E-state index contributed by atoms with van der Waals surface area (Å²) in [6, 6.07) is 5.71. The number of anilines is 1. The molecule has 2 aromatic rings. The maximum absolute atomic E-state index is 11.8. The SMILES string of the molecule is CNc1cncc(C(=O)NCCc2ccccn2)n1. The fourth-order valence-corrected chi connectivity index (χ4v) is 1.54. The summed E-state index contributed by atoms with van der Waals surface area (Å²) in [4.78, 5) is 24.1. The highest BCUT2D eigenvalue weighted by Crippen LogP contribution is 2.00. The standard InChI is InChI=1S/C13H15N5O/c1-14-12-9-15-8-11(18-12)13(19)17-7-5-10-4-2-3-6-16-10/h2-4,6,8-9H,5,7H2,1H3,(H,14,18)(H,17,19). The molecule has 0 bridgehead atoms. The summed E-state index contributed by atoms with van der Waals surface area (Å²) < 4.78 is 0. The molecule has 0 saturated heterocycles. The first-order valence-corrected chi connectivity index (χ1v) is 5.97. The molecule has 0 saturated carbocycles. The van der Waals surface area contributed by atoms with Crippen molar-refractivity contribution in [3.8, 4) is 0 Å². The number of hydrogen-bond donors (Lipinski definition) is 2. The molecule has 2 aromatic heterocycles. The molecule has 98 valence electrons. The van der Waals surface area contributed by atoms with E-state index in [1.54, 1.807) is 19.4 Å². The molecule has 2 N–H and O–H groups in total. The zero-order chi connectivity index (χ0) is 13.5. The normalized spacial score (nSPS) is 9.95. The van der Waals surface area contributed by atoms with E-state index in [4.69, 9.17) is 0 Å². The molecule has 6 nitrogen and oxygen atoms in total. The number of nitrogens with one attached hydrogen (secondary N) is 2. The van der Waals surface area contributed by atoms with E-state index in [0.717, 1.165) is 5.69 Å². The van der Waals surface area contributed by atoms with Crippen molar-refractivity contribution in [3.05, 3.63) is 48.2 Å². The molecule has 1 amide bonds. The van der Waals surface area contributed by atoms with Gasteiger partial charge in [0.1, 0.15) is 11.5 Å². The Morgan fingerprint density at radius 3 is 2.95 bits per heavy atom. The zero-order valence-corrected chi connectivity index (χ0v) is 10.6. The van der Waals surface area contributed by atoms with E-state index in [-0.39, 0.29) is 5.91 Å². The lowest BCUT2D eigenvalue weighted by Gasteiger charge is -2.05. The summed E-state index contributed by atoms with van der Waals surface area (Å²) in [6.07, 6.45) is 5.42. The van der Waals surface area contributed by atoms with Gasteiger partial charge in [0, 0.05) is 31.9 Å². The highest BCUT2D eigenvalue weighted by Gasteiger charge is 2.07. The third-order valence-electron chi connectivity index (χ3n) is 2.52. The van der Waals surface area contributed by atoms with Gasteiger partial charge >= 0.3 is 0 Å². The Balaban J connectivity index is 1.87. The molecule has 0 aromatic carbocycles. The molecule has 0 aliphatic heterocycles. The molecule has 0 unspecified atom stereocenters. The van der Waals surface area contributed by atoms with Gasteiger partial charge in [-0.3, -0.25) is 14.8 Å². The van der Waals surface area contributed by atoms with E-state index in [9.17, 15) is 4.79 Å². The number of hydrogen-bond acceptors (Lipinski definition) is 5. The number of carbonyl (C=O) groups is 1. The third-order valence-corrected chi connectivity index (χ3v) is 2.52. The lowest BCUT2D eigenvalue weighted by molar-refractivity contribution is 0.0949. The van der Waals surface area contributed by atoms with Gasteiger partial charge in [0.2, 0.25) is 0 Å². The highest BCUT2D eigenvalue weighted by molar-refractivity contribution is 5.92. The van der Waals surface area contributed by atoms with Crippen molar-refractivity contribution >= 4 is 11.7 Å². The average molecular weight is 257 g/mol. The van der Waals surface area contributed by atoms with Crippen LogP contribution in [0.15, 0.2) is 36.8 Å². The minimum absolute atomic E-state index is 0.236. The predicted molar refractivity (Wildman–Crippen MR) is 71.9 cm³/mol. The van der Waals surface area contributed by atoms with Crippen molar-refractivity contribution in [2.24, 2.45) is 0 Å². The van der Waals surface area contributed by atoms with Gasteiger partial charge in [-0.15, -0.1) is 0 Å². The fraction of sp³-hybridized carbons (Fsp3) is 0.231. The molecule has 0 aliphatic rings. The van der Waals surface area contributed by atoms with Crippen LogP contribution in [0.2, 0.25) is 0 Å². The maximum atomic E-state index is 11.8. The first-order valence-electron chi connectivity index (χ1n) is 5.97. The van der Waals surface area contributed by atoms with Gasteiger partial charge < -0.3 is 10.6 Å². The Hall–Kier alpha value is -2.50. The largest absolute Gasteiger partial charge is 0.372 e. The molecule has 0 fully saturated rings. The Bertz CT molecular complexity index is 544. The Morgan fingerprint density at radius 1 is 1.32 bits per heavy atom. The van der Waals surface area contributed by atoms with Crippen LogP contribution in [0.3, 0.4) is 0 Å². The van der Waals surface area contributed by atoms with Crippen molar-refractivity contribution < 1.29 is 4.79 Å². The van der Waals surface area contributed by atoms with Crippen molar-refractivity contribution in [1.82, 2.24) is 20.3 Å². The lowest BCUT2D eigenvalue weighted by atomic mass is 10.2. The number of pyridine rings is 1. The first kappa shape index (κ1) is 12.9. The number of amides is 1. The molecule has 6 heteroatoms. The van der Waals surface area contributed by atoms with Crippen molar-refractivity contribution in [2.75, 3.05) is 18.9 Å². The van der Waals surface area contributed by atoms with E-state index in [0.29, 0.717) is 24.5 Å². The van der Waals surface area contributed by atoms with E-state index >= 15 is 0 Å². The second kappa shape index (κ2) is 6.44. The molecule has 0 atom stereocenters. The van der Waals surface area contributed by atoms with Crippen LogP contribution in [0, 0.1) is 0 Å². The maximum Gasteiger partial charge on any atom is 0.271 e. The molecule has 0 aliphatic carbocycles. The van der Waals surface area contributed by atoms with Crippen LogP contribution in [0.1, 0.15) is 16.2 Å².